The average Bonchev–Trinajstić information content (AvgIpc) is 2.51. The first-order valence-electron chi connectivity index (χ1n) is 5.39. The number of nitrogens with one attached hydrogen (secondary N) is 1. The number of likely N-dealkylation sites (N-methyl/N-ethyl adjacent to an activating group) is 1. The number of hydrogen-bond donors (Lipinski definition) is 1. The summed E-state index contributed by atoms with van der Waals surface area (Å²) in [6.07, 6.45) is 0. The van der Waals surface area contributed by atoms with Crippen LogP contribution in [0.2, 0.25) is 0 Å². The van der Waals surface area contributed by atoms with Gasteiger partial charge in [-0.2, -0.15) is 0 Å². The van der Waals surface area contributed by atoms with Crippen LogP contribution in [0, 0.1) is 0 Å². The summed E-state index contributed by atoms with van der Waals surface area (Å²) in [5.74, 6) is -0.202. The lowest BCUT2D eigenvalue weighted by Gasteiger charge is -2.22. The molecule has 1 aromatic carbocycles. The van der Waals surface area contributed by atoms with Gasteiger partial charge in [0.15, 0.2) is 0 Å². The molecule has 0 saturated carbocycles. The monoisotopic (exact) mass is 296 g/mol. The standard InChI is InChI=1S/C12H13BrN2O2/c1-3-15-10(16)12(2,14-11(15)17)8-4-6-9(13)7-5-8/h4-7H,3H2,1-2H3,(H,14,17). The molecule has 1 aliphatic heterocycles. The van der Waals surface area contributed by atoms with Gasteiger partial charge in [0, 0.05) is 11.0 Å². The minimum atomic E-state index is -0.951. The van der Waals surface area contributed by atoms with Gasteiger partial charge in [0.1, 0.15) is 5.54 Å². The average molecular weight is 297 g/mol. The van der Waals surface area contributed by atoms with E-state index in [1.54, 1.807) is 13.8 Å². The van der Waals surface area contributed by atoms with Crippen molar-refractivity contribution in [2.75, 3.05) is 6.54 Å². The summed E-state index contributed by atoms with van der Waals surface area (Å²) in [5, 5.41) is 2.74. The smallest absolute Gasteiger partial charge is 0.319 e. The fourth-order valence-corrected chi connectivity index (χ4v) is 2.23. The van der Waals surface area contributed by atoms with Crippen LogP contribution in [-0.2, 0) is 10.3 Å². The first-order chi connectivity index (χ1) is 7.99. The molecular weight excluding hydrogens is 284 g/mol. The second-order valence-electron chi connectivity index (χ2n) is 4.11. The van der Waals surface area contributed by atoms with E-state index in [0.29, 0.717) is 6.54 Å². The van der Waals surface area contributed by atoms with Gasteiger partial charge in [-0.3, -0.25) is 9.69 Å². The zero-order valence-corrected chi connectivity index (χ0v) is 11.2. The van der Waals surface area contributed by atoms with Crippen molar-refractivity contribution in [2.24, 2.45) is 0 Å². The lowest BCUT2D eigenvalue weighted by molar-refractivity contribution is -0.130. The van der Waals surface area contributed by atoms with E-state index in [0.717, 1.165) is 10.0 Å². The summed E-state index contributed by atoms with van der Waals surface area (Å²) >= 11 is 3.34. The highest BCUT2D eigenvalue weighted by Gasteiger charge is 2.48. The highest BCUT2D eigenvalue weighted by atomic mass is 79.9. The van der Waals surface area contributed by atoms with Gasteiger partial charge in [-0.15, -0.1) is 0 Å². The fraction of sp³-hybridized carbons (Fsp3) is 0.333. The third-order valence-corrected chi connectivity index (χ3v) is 3.54. The molecule has 5 heteroatoms. The first kappa shape index (κ1) is 12.1. The molecule has 0 spiro atoms. The van der Waals surface area contributed by atoms with Crippen molar-refractivity contribution in [3.8, 4) is 0 Å². The second kappa shape index (κ2) is 4.14. The minimum absolute atomic E-state index is 0.202. The molecule has 1 fully saturated rings. The quantitative estimate of drug-likeness (QED) is 0.851. The van der Waals surface area contributed by atoms with Crippen LogP contribution in [0.5, 0.6) is 0 Å². The normalized spacial score (nSPS) is 24.1. The Morgan fingerprint density at radius 1 is 1.29 bits per heavy atom. The van der Waals surface area contributed by atoms with Gasteiger partial charge in [0.25, 0.3) is 5.91 Å². The summed E-state index contributed by atoms with van der Waals surface area (Å²) in [7, 11) is 0. The number of carbonyl (C=O) groups excluding carboxylic acids is 2. The van der Waals surface area contributed by atoms with Gasteiger partial charge in [-0.25, -0.2) is 4.79 Å². The highest BCUT2D eigenvalue weighted by Crippen LogP contribution is 2.29. The maximum Gasteiger partial charge on any atom is 0.325 e. The van der Waals surface area contributed by atoms with Crippen LogP contribution >= 0.6 is 15.9 Å². The Balaban J connectivity index is 2.41. The predicted molar refractivity (Wildman–Crippen MR) is 67.4 cm³/mol. The second-order valence-corrected chi connectivity index (χ2v) is 5.03. The molecule has 17 heavy (non-hydrogen) atoms. The summed E-state index contributed by atoms with van der Waals surface area (Å²) < 4.78 is 0.939. The zero-order chi connectivity index (χ0) is 12.6. The molecule has 0 aliphatic carbocycles. The lowest BCUT2D eigenvalue weighted by Crippen LogP contribution is -2.40. The molecule has 3 amide bonds. The van der Waals surface area contributed by atoms with Gasteiger partial charge in [0.05, 0.1) is 0 Å². The van der Waals surface area contributed by atoms with E-state index in [1.165, 1.54) is 4.90 Å². The Morgan fingerprint density at radius 2 is 1.88 bits per heavy atom. The van der Waals surface area contributed by atoms with Gasteiger partial charge >= 0.3 is 6.03 Å². The van der Waals surface area contributed by atoms with E-state index in [9.17, 15) is 9.59 Å². The molecule has 1 aromatic rings. The van der Waals surface area contributed by atoms with Gasteiger partial charge in [-0.1, -0.05) is 28.1 Å². The molecule has 1 unspecified atom stereocenters. The summed E-state index contributed by atoms with van der Waals surface area (Å²) in [5.41, 5.74) is -0.164. The molecule has 2 rings (SSSR count). The molecule has 0 bridgehead atoms. The van der Waals surface area contributed by atoms with Crippen LogP contribution in [0.3, 0.4) is 0 Å². The van der Waals surface area contributed by atoms with Crippen LogP contribution in [0.15, 0.2) is 28.7 Å². The third-order valence-electron chi connectivity index (χ3n) is 3.01. The van der Waals surface area contributed by atoms with Crippen LogP contribution in [0.1, 0.15) is 19.4 Å². The van der Waals surface area contributed by atoms with Gasteiger partial charge in [0.2, 0.25) is 0 Å². The van der Waals surface area contributed by atoms with Crippen molar-refractivity contribution in [3.63, 3.8) is 0 Å². The van der Waals surface area contributed by atoms with Crippen molar-refractivity contribution < 1.29 is 9.59 Å². The number of benzene rings is 1. The Bertz CT molecular complexity index is 472. The first-order valence-corrected chi connectivity index (χ1v) is 6.18. The largest absolute Gasteiger partial charge is 0.325 e. The predicted octanol–water partition coefficient (Wildman–Crippen LogP) is 2.24. The third kappa shape index (κ3) is 1.84. The van der Waals surface area contributed by atoms with Crippen molar-refractivity contribution in [2.45, 2.75) is 19.4 Å². The number of hydrogen-bond acceptors (Lipinski definition) is 2. The van der Waals surface area contributed by atoms with Crippen molar-refractivity contribution in [1.29, 1.82) is 0 Å². The molecule has 90 valence electrons. The van der Waals surface area contributed by atoms with E-state index in [1.807, 2.05) is 24.3 Å². The number of urea groups is 1. The summed E-state index contributed by atoms with van der Waals surface area (Å²) in [4.78, 5) is 25.1. The van der Waals surface area contributed by atoms with Crippen LogP contribution in [-0.4, -0.2) is 23.4 Å². The van der Waals surface area contributed by atoms with Crippen molar-refractivity contribution >= 4 is 27.9 Å². The Labute approximate surface area is 108 Å². The van der Waals surface area contributed by atoms with Crippen molar-refractivity contribution in [3.05, 3.63) is 34.3 Å². The topological polar surface area (TPSA) is 49.4 Å². The number of nitrogens with zero attached hydrogens (tertiary/aromatic N) is 1. The van der Waals surface area contributed by atoms with E-state index < -0.39 is 5.54 Å². The van der Waals surface area contributed by atoms with Crippen LogP contribution in [0.25, 0.3) is 0 Å². The lowest BCUT2D eigenvalue weighted by atomic mass is 9.92. The summed E-state index contributed by atoms with van der Waals surface area (Å²) in [6.45, 7) is 3.90. The molecule has 0 radical (unpaired) electrons. The molecule has 1 atom stereocenters. The number of rotatable bonds is 2. The van der Waals surface area contributed by atoms with E-state index in [4.69, 9.17) is 0 Å². The Morgan fingerprint density at radius 3 is 2.35 bits per heavy atom. The molecule has 1 N–H and O–H groups in total. The molecule has 1 aliphatic rings. The molecular formula is C12H13BrN2O2. The van der Waals surface area contributed by atoms with Gasteiger partial charge in [-0.05, 0) is 31.5 Å². The molecule has 0 aromatic heterocycles. The number of imide groups is 1. The maximum absolute atomic E-state index is 12.2. The minimum Gasteiger partial charge on any atom is -0.319 e. The number of amides is 3. The Kier molecular flexibility index (Phi) is 2.95. The van der Waals surface area contributed by atoms with E-state index >= 15 is 0 Å². The Hall–Kier alpha value is -1.36. The SMILES string of the molecule is CCN1C(=O)NC(C)(c2ccc(Br)cc2)C1=O. The molecule has 1 heterocycles. The molecule has 1 saturated heterocycles. The molecule has 4 nitrogen and oxygen atoms in total. The number of halogens is 1. The van der Waals surface area contributed by atoms with E-state index in [2.05, 4.69) is 21.2 Å². The van der Waals surface area contributed by atoms with E-state index in [-0.39, 0.29) is 11.9 Å². The zero-order valence-electron chi connectivity index (χ0n) is 9.66. The highest BCUT2D eigenvalue weighted by molar-refractivity contribution is 9.10. The van der Waals surface area contributed by atoms with Crippen LogP contribution < -0.4 is 5.32 Å². The fourth-order valence-electron chi connectivity index (χ4n) is 1.96. The maximum atomic E-state index is 12.2. The van der Waals surface area contributed by atoms with Crippen molar-refractivity contribution in [1.82, 2.24) is 10.2 Å². The summed E-state index contributed by atoms with van der Waals surface area (Å²) in [6, 6.07) is 7.05. The van der Waals surface area contributed by atoms with Gasteiger partial charge < -0.3 is 5.32 Å². The number of carbonyl (C=O) groups is 2. The van der Waals surface area contributed by atoms with Crippen LogP contribution in [0.4, 0.5) is 4.79 Å².